The van der Waals surface area contributed by atoms with Crippen molar-refractivity contribution < 1.29 is 24.5 Å². The first-order valence-corrected chi connectivity index (χ1v) is 30.1. The summed E-state index contributed by atoms with van der Waals surface area (Å²) in [6, 6.07) is -0.627. The lowest BCUT2D eigenvalue weighted by molar-refractivity contribution is -0.143. The molecule has 67 heavy (non-hydrogen) atoms. The van der Waals surface area contributed by atoms with Crippen molar-refractivity contribution in [1.82, 2.24) is 5.32 Å². The van der Waals surface area contributed by atoms with Crippen LogP contribution in [0, 0.1) is 0 Å². The second-order valence-corrected chi connectivity index (χ2v) is 20.7. The van der Waals surface area contributed by atoms with Crippen LogP contribution in [0.15, 0.2) is 24.3 Å². The number of esters is 1. The average molecular weight is 945 g/mol. The van der Waals surface area contributed by atoms with Crippen LogP contribution in [0.5, 0.6) is 0 Å². The van der Waals surface area contributed by atoms with Gasteiger partial charge in [-0.3, -0.25) is 9.59 Å². The van der Waals surface area contributed by atoms with E-state index in [0.29, 0.717) is 19.4 Å². The zero-order chi connectivity index (χ0) is 48.6. The Morgan fingerprint density at radius 3 is 1.10 bits per heavy atom. The Balaban J connectivity index is 3.40. The lowest BCUT2D eigenvalue weighted by Gasteiger charge is -2.20. The molecule has 1 amide bonds. The molecule has 0 aromatic rings. The summed E-state index contributed by atoms with van der Waals surface area (Å²) in [5.41, 5.74) is 0. The molecular formula is C61H117NO5. The van der Waals surface area contributed by atoms with Crippen molar-refractivity contribution in [3.63, 3.8) is 0 Å². The molecule has 0 aliphatic carbocycles. The van der Waals surface area contributed by atoms with Crippen LogP contribution in [-0.4, -0.2) is 47.4 Å². The van der Waals surface area contributed by atoms with Crippen LogP contribution in [0.1, 0.15) is 328 Å². The zero-order valence-electron chi connectivity index (χ0n) is 45.1. The van der Waals surface area contributed by atoms with Gasteiger partial charge in [0, 0.05) is 12.8 Å². The number of carbonyl (C=O) groups is 2. The number of hydrogen-bond acceptors (Lipinski definition) is 5. The summed E-state index contributed by atoms with van der Waals surface area (Å²) in [7, 11) is 0. The van der Waals surface area contributed by atoms with Crippen LogP contribution >= 0.6 is 0 Å². The topological polar surface area (TPSA) is 95.9 Å². The van der Waals surface area contributed by atoms with E-state index in [4.69, 9.17) is 4.74 Å². The van der Waals surface area contributed by atoms with E-state index in [0.717, 1.165) is 44.9 Å². The first-order chi connectivity index (χ1) is 33.0. The minimum atomic E-state index is -0.844. The molecule has 0 bridgehead atoms. The molecular weight excluding hydrogens is 827 g/mol. The van der Waals surface area contributed by atoms with Crippen LogP contribution in [0.25, 0.3) is 0 Å². The van der Waals surface area contributed by atoms with E-state index in [1.54, 1.807) is 6.08 Å². The van der Waals surface area contributed by atoms with Gasteiger partial charge in [0.15, 0.2) is 0 Å². The van der Waals surface area contributed by atoms with Gasteiger partial charge in [-0.2, -0.15) is 0 Å². The van der Waals surface area contributed by atoms with E-state index in [-0.39, 0.29) is 18.5 Å². The van der Waals surface area contributed by atoms with Gasteiger partial charge in [0.05, 0.1) is 25.4 Å². The molecule has 2 atom stereocenters. The SMILES string of the molecule is CCCC/C=C\CCCCCCCC(=O)OCCCCCCCCCCCCCCCCCCCCCCCCCC(=O)NC(CO)C(O)/C=C/CCCCCCCCCCCCCCCC. The summed E-state index contributed by atoms with van der Waals surface area (Å²) in [6.45, 7) is 4.88. The zero-order valence-corrected chi connectivity index (χ0v) is 45.1. The predicted molar refractivity (Wildman–Crippen MR) is 292 cm³/mol. The summed E-state index contributed by atoms with van der Waals surface area (Å²) >= 11 is 0. The third kappa shape index (κ3) is 53.5. The van der Waals surface area contributed by atoms with Gasteiger partial charge in [-0.05, 0) is 51.4 Å². The monoisotopic (exact) mass is 944 g/mol. The minimum absolute atomic E-state index is 0.00290. The quantitative estimate of drug-likeness (QED) is 0.0321. The summed E-state index contributed by atoms with van der Waals surface area (Å²) in [5, 5.41) is 23.1. The van der Waals surface area contributed by atoms with Crippen LogP contribution in [0.2, 0.25) is 0 Å². The van der Waals surface area contributed by atoms with Crippen LogP contribution in [0.3, 0.4) is 0 Å². The van der Waals surface area contributed by atoms with Gasteiger partial charge in [0.25, 0.3) is 0 Å². The first-order valence-electron chi connectivity index (χ1n) is 30.1. The second-order valence-electron chi connectivity index (χ2n) is 20.7. The maximum atomic E-state index is 12.5. The Kier molecular flexibility index (Phi) is 55.5. The van der Waals surface area contributed by atoms with E-state index < -0.39 is 12.1 Å². The number of hydrogen-bond donors (Lipinski definition) is 3. The van der Waals surface area contributed by atoms with Crippen molar-refractivity contribution in [3.05, 3.63) is 24.3 Å². The highest BCUT2D eigenvalue weighted by molar-refractivity contribution is 5.76. The van der Waals surface area contributed by atoms with Crippen molar-refractivity contribution in [2.24, 2.45) is 0 Å². The number of rotatable bonds is 56. The maximum absolute atomic E-state index is 12.5. The van der Waals surface area contributed by atoms with Crippen molar-refractivity contribution in [2.75, 3.05) is 13.2 Å². The fourth-order valence-electron chi connectivity index (χ4n) is 9.32. The fourth-order valence-corrected chi connectivity index (χ4v) is 9.32. The molecule has 0 aliphatic heterocycles. The normalized spacial score (nSPS) is 12.7. The van der Waals surface area contributed by atoms with Gasteiger partial charge in [-0.15, -0.1) is 0 Å². The summed E-state index contributed by atoms with van der Waals surface area (Å²) in [5.74, 6) is -0.0628. The Hall–Kier alpha value is -1.66. The molecule has 0 aromatic carbocycles. The molecule has 0 aromatic heterocycles. The molecule has 0 heterocycles. The van der Waals surface area contributed by atoms with E-state index in [1.807, 2.05) is 6.08 Å². The van der Waals surface area contributed by atoms with Crippen molar-refractivity contribution >= 4 is 11.9 Å². The summed E-state index contributed by atoms with van der Waals surface area (Å²) < 4.78 is 5.46. The Bertz CT molecular complexity index is 1040. The molecule has 0 rings (SSSR count). The predicted octanol–water partition coefficient (Wildman–Crippen LogP) is 18.6. The van der Waals surface area contributed by atoms with Gasteiger partial charge in [0.1, 0.15) is 0 Å². The number of nitrogens with one attached hydrogen (secondary N) is 1. The van der Waals surface area contributed by atoms with Gasteiger partial charge in [0.2, 0.25) is 5.91 Å². The molecule has 0 saturated carbocycles. The van der Waals surface area contributed by atoms with Crippen LogP contribution < -0.4 is 5.32 Å². The van der Waals surface area contributed by atoms with Gasteiger partial charge in [-0.25, -0.2) is 0 Å². The number of unbranched alkanes of at least 4 members (excludes halogenated alkanes) is 43. The third-order valence-corrected chi connectivity index (χ3v) is 14.0. The molecule has 0 fully saturated rings. The number of carbonyl (C=O) groups excluding carboxylic acids is 2. The standard InChI is InChI=1S/C61H117NO5/c1-3-5-7-9-11-13-15-16-17-27-30-34-37-41-45-49-53-59(64)58(57-63)62-60(65)54-50-46-42-38-35-31-28-25-23-21-19-18-20-22-24-26-29-32-36-40-44-48-52-56-67-61(66)55-51-47-43-39-33-14-12-10-8-6-4-2/h10,12,49,53,58-59,63-64H,3-9,11,13-48,50-52,54-57H2,1-2H3,(H,62,65)/b12-10-,53-49+. The Morgan fingerprint density at radius 1 is 0.403 bits per heavy atom. The van der Waals surface area contributed by atoms with Crippen LogP contribution in [-0.2, 0) is 14.3 Å². The average Bonchev–Trinajstić information content (AvgIpc) is 3.33. The molecule has 0 saturated heterocycles. The molecule has 0 radical (unpaired) electrons. The maximum Gasteiger partial charge on any atom is 0.305 e. The van der Waals surface area contributed by atoms with Gasteiger partial charge in [-0.1, -0.05) is 289 Å². The van der Waals surface area contributed by atoms with Crippen molar-refractivity contribution in [1.29, 1.82) is 0 Å². The molecule has 396 valence electrons. The highest BCUT2D eigenvalue weighted by Crippen LogP contribution is 2.17. The van der Waals surface area contributed by atoms with E-state index in [9.17, 15) is 19.8 Å². The molecule has 3 N–H and O–H groups in total. The fraction of sp³-hybridized carbons (Fsp3) is 0.902. The van der Waals surface area contributed by atoms with Gasteiger partial charge >= 0.3 is 5.97 Å². The Morgan fingerprint density at radius 2 is 0.716 bits per heavy atom. The van der Waals surface area contributed by atoms with Crippen LogP contribution in [0.4, 0.5) is 0 Å². The molecule has 2 unspecified atom stereocenters. The largest absolute Gasteiger partial charge is 0.466 e. The highest BCUT2D eigenvalue weighted by atomic mass is 16.5. The minimum Gasteiger partial charge on any atom is -0.466 e. The molecule has 6 heteroatoms. The van der Waals surface area contributed by atoms with Gasteiger partial charge < -0.3 is 20.3 Å². The Labute approximate surface area is 418 Å². The molecule has 6 nitrogen and oxygen atoms in total. The van der Waals surface area contributed by atoms with E-state index in [1.165, 1.54) is 257 Å². The van der Waals surface area contributed by atoms with Crippen molar-refractivity contribution in [2.45, 2.75) is 341 Å². The first kappa shape index (κ1) is 65.3. The van der Waals surface area contributed by atoms with E-state index >= 15 is 0 Å². The smallest absolute Gasteiger partial charge is 0.305 e. The number of aliphatic hydroxyl groups is 2. The lowest BCUT2D eigenvalue weighted by Crippen LogP contribution is -2.45. The number of ether oxygens (including phenoxy) is 1. The number of aliphatic hydroxyl groups excluding tert-OH is 2. The highest BCUT2D eigenvalue weighted by Gasteiger charge is 2.18. The third-order valence-electron chi connectivity index (χ3n) is 14.0. The number of amides is 1. The molecule has 0 aliphatic rings. The van der Waals surface area contributed by atoms with E-state index in [2.05, 4.69) is 31.3 Å². The molecule has 0 spiro atoms. The van der Waals surface area contributed by atoms with Crippen molar-refractivity contribution in [3.8, 4) is 0 Å². The second kappa shape index (κ2) is 56.9. The number of allylic oxidation sites excluding steroid dienone is 3. The summed E-state index contributed by atoms with van der Waals surface area (Å²) in [4.78, 5) is 24.5. The lowest BCUT2D eigenvalue weighted by atomic mass is 10.0. The summed E-state index contributed by atoms with van der Waals surface area (Å²) in [6.07, 6.45) is 69.3.